The molecule has 0 bridgehead atoms. The molecular formula is C12H21NO4. The number of carbonyl (C=O) groups excluding carboxylic acids is 2. The van der Waals surface area contributed by atoms with E-state index in [1.54, 1.807) is 4.90 Å². The van der Waals surface area contributed by atoms with Crippen LogP contribution >= 0.6 is 0 Å². The number of hydrogen-bond acceptors (Lipinski definition) is 4. The first-order chi connectivity index (χ1) is 7.88. The Kier molecular flexibility index (Phi) is 4.93. The van der Waals surface area contributed by atoms with Gasteiger partial charge < -0.3 is 14.4 Å². The molecule has 1 amide bonds. The molecule has 1 fully saturated rings. The number of amides is 1. The highest BCUT2D eigenvalue weighted by atomic mass is 16.6. The van der Waals surface area contributed by atoms with E-state index in [1.807, 2.05) is 20.8 Å². The predicted molar refractivity (Wildman–Crippen MR) is 62.5 cm³/mol. The fourth-order valence-corrected chi connectivity index (χ4v) is 1.57. The van der Waals surface area contributed by atoms with E-state index in [1.165, 1.54) is 0 Å². The molecule has 1 heterocycles. The van der Waals surface area contributed by atoms with Crippen molar-refractivity contribution in [2.24, 2.45) is 0 Å². The van der Waals surface area contributed by atoms with Crippen molar-refractivity contribution < 1.29 is 19.1 Å². The van der Waals surface area contributed by atoms with E-state index in [4.69, 9.17) is 9.47 Å². The maximum Gasteiger partial charge on any atom is 0.306 e. The molecule has 5 heteroatoms. The average molecular weight is 243 g/mol. The van der Waals surface area contributed by atoms with Gasteiger partial charge in [0.25, 0.3) is 0 Å². The van der Waals surface area contributed by atoms with Crippen LogP contribution in [-0.4, -0.2) is 48.7 Å². The van der Waals surface area contributed by atoms with Gasteiger partial charge in [-0.05, 0) is 20.8 Å². The largest absolute Gasteiger partial charge is 0.460 e. The smallest absolute Gasteiger partial charge is 0.306 e. The fraction of sp³-hybridized carbons (Fsp3) is 0.833. The number of rotatable bonds is 3. The first-order valence-corrected chi connectivity index (χ1v) is 5.96. The zero-order chi connectivity index (χ0) is 12.9. The Hall–Kier alpha value is -1.10. The number of esters is 1. The van der Waals surface area contributed by atoms with Gasteiger partial charge in [0, 0.05) is 19.5 Å². The lowest BCUT2D eigenvalue weighted by molar-refractivity contribution is -0.156. The van der Waals surface area contributed by atoms with Crippen molar-refractivity contribution in [3.05, 3.63) is 0 Å². The van der Waals surface area contributed by atoms with Crippen LogP contribution < -0.4 is 0 Å². The molecule has 0 spiro atoms. The fourth-order valence-electron chi connectivity index (χ4n) is 1.57. The van der Waals surface area contributed by atoms with E-state index >= 15 is 0 Å². The van der Waals surface area contributed by atoms with E-state index in [2.05, 4.69) is 0 Å². The van der Waals surface area contributed by atoms with Crippen molar-refractivity contribution >= 4 is 11.9 Å². The Morgan fingerprint density at radius 2 is 1.76 bits per heavy atom. The first kappa shape index (κ1) is 14.0. The third kappa shape index (κ3) is 5.68. The quantitative estimate of drug-likeness (QED) is 0.693. The number of carbonyl (C=O) groups is 2. The SMILES string of the molecule is CC(C)(C)OC(=O)CCC(=O)N1CCOCC1. The van der Waals surface area contributed by atoms with E-state index < -0.39 is 5.60 Å². The summed E-state index contributed by atoms with van der Waals surface area (Å²) < 4.78 is 10.3. The van der Waals surface area contributed by atoms with Gasteiger partial charge in [0.2, 0.25) is 5.91 Å². The van der Waals surface area contributed by atoms with Gasteiger partial charge in [-0.3, -0.25) is 9.59 Å². The topological polar surface area (TPSA) is 55.8 Å². The highest BCUT2D eigenvalue weighted by molar-refractivity contribution is 5.81. The van der Waals surface area contributed by atoms with Crippen LogP contribution in [0.5, 0.6) is 0 Å². The molecule has 0 aliphatic carbocycles. The van der Waals surface area contributed by atoms with Crippen LogP contribution in [0.15, 0.2) is 0 Å². The Morgan fingerprint density at radius 3 is 2.29 bits per heavy atom. The van der Waals surface area contributed by atoms with Crippen molar-refractivity contribution in [1.29, 1.82) is 0 Å². The second-order valence-electron chi connectivity index (χ2n) is 5.08. The molecule has 0 atom stereocenters. The van der Waals surface area contributed by atoms with E-state index in [9.17, 15) is 9.59 Å². The second-order valence-corrected chi connectivity index (χ2v) is 5.08. The monoisotopic (exact) mass is 243 g/mol. The molecule has 0 saturated carbocycles. The Balaban J connectivity index is 2.25. The number of hydrogen-bond donors (Lipinski definition) is 0. The lowest BCUT2D eigenvalue weighted by Gasteiger charge is -2.27. The lowest BCUT2D eigenvalue weighted by atomic mass is 10.2. The Morgan fingerprint density at radius 1 is 1.18 bits per heavy atom. The standard InChI is InChI=1S/C12H21NO4/c1-12(2,3)17-11(15)5-4-10(14)13-6-8-16-9-7-13/h4-9H2,1-3H3. The lowest BCUT2D eigenvalue weighted by Crippen LogP contribution is -2.40. The van der Waals surface area contributed by atoms with Crippen LogP contribution in [0.4, 0.5) is 0 Å². The van der Waals surface area contributed by atoms with Gasteiger partial charge in [-0.15, -0.1) is 0 Å². The molecule has 0 N–H and O–H groups in total. The van der Waals surface area contributed by atoms with Crippen LogP contribution in [0.25, 0.3) is 0 Å². The van der Waals surface area contributed by atoms with Gasteiger partial charge in [0.15, 0.2) is 0 Å². The third-order valence-electron chi connectivity index (χ3n) is 2.33. The van der Waals surface area contributed by atoms with Gasteiger partial charge >= 0.3 is 5.97 Å². The summed E-state index contributed by atoms with van der Waals surface area (Å²) >= 11 is 0. The summed E-state index contributed by atoms with van der Waals surface area (Å²) in [6.07, 6.45) is 0.363. The van der Waals surface area contributed by atoms with Crippen LogP contribution in [0.3, 0.4) is 0 Å². The molecular weight excluding hydrogens is 222 g/mol. The molecule has 5 nitrogen and oxygen atoms in total. The minimum absolute atomic E-state index is 0.000779. The molecule has 0 radical (unpaired) electrons. The minimum Gasteiger partial charge on any atom is -0.460 e. The zero-order valence-corrected chi connectivity index (χ0v) is 10.8. The number of morpholine rings is 1. The second kappa shape index (κ2) is 6.00. The van der Waals surface area contributed by atoms with Gasteiger partial charge in [-0.1, -0.05) is 0 Å². The van der Waals surface area contributed by atoms with Crippen LogP contribution in [0.2, 0.25) is 0 Å². The summed E-state index contributed by atoms with van der Waals surface area (Å²) in [5.41, 5.74) is -0.487. The molecule has 98 valence electrons. The summed E-state index contributed by atoms with van der Waals surface area (Å²) in [6.45, 7) is 7.84. The van der Waals surface area contributed by atoms with Crippen molar-refractivity contribution in [1.82, 2.24) is 4.90 Å². The van der Waals surface area contributed by atoms with Crippen molar-refractivity contribution in [2.75, 3.05) is 26.3 Å². The molecule has 17 heavy (non-hydrogen) atoms. The van der Waals surface area contributed by atoms with Gasteiger partial charge in [0.05, 0.1) is 19.6 Å². The molecule has 1 rings (SSSR count). The molecule has 0 aromatic heterocycles. The normalized spacial score (nSPS) is 16.8. The highest BCUT2D eigenvalue weighted by Crippen LogP contribution is 2.10. The van der Waals surface area contributed by atoms with Crippen molar-refractivity contribution in [3.63, 3.8) is 0 Å². The van der Waals surface area contributed by atoms with Crippen LogP contribution in [-0.2, 0) is 19.1 Å². The maximum atomic E-state index is 11.7. The average Bonchev–Trinajstić information content (AvgIpc) is 2.25. The van der Waals surface area contributed by atoms with Gasteiger partial charge in [-0.2, -0.15) is 0 Å². The number of ether oxygens (including phenoxy) is 2. The third-order valence-corrected chi connectivity index (χ3v) is 2.33. The molecule has 1 aliphatic rings. The Labute approximate surface area is 102 Å². The van der Waals surface area contributed by atoms with Crippen molar-refractivity contribution in [3.8, 4) is 0 Å². The van der Waals surface area contributed by atoms with Crippen LogP contribution in [0, 0.1) is 0 Å². The highest BCUT2D eigenvalue weighted by Gasteiger charge is 2.20. The van der Waals surface area contributed by atoms with Gasteiger partial charge in [-0.25, -0.2) is 0 Å². The molecule has 1 aliphatic heterocycles. The van der Waals surface area contributed by atoms with E-state index in [0.29, 0.717) is 26.3 Å². The predicted octanol–water partition coefficient (Wildman–Crippen LogP) is 0.967. The maximum absolute atomic E-state index is 11.7. The summed E-state index contributed by atoms with van der Waals surface area (Å²) in [4.78, 5) is 24.9. The molecule has 0 aromatic rings. The zero-order valence-electron chi connectivity index (χ0n) is 10.8. The molecule has 0 unspecified atom stereocenters. The summed E-state index contributed by atoms with van der Waals surface area (Å²) in [5, 5.41) is 0. The Bertz CT molecular complexity index is 277. The summed E-state index contributed by atoms with van der Waals surface area (Å²) in [6, 6.07) is 0. The molecule has 1 saturated heterocycles. The van der Waals surface area contributed by atoms with E-state index in [-0.39, 0.29) is 24.7 Å². The van der Waals surface area contributed by atoms with Crippen molar-refractivity contribution in [2.45, 2.75) is 39.2 Å². The van der Waals surface area contributed by atoms with Crippen LogP contribution in [0.1, 0.15) is 33.6 Å². The summed E-state index contributed by atoms with van der Waals surface area (Å²) in [7, 11) is 0. The minimum atomic E-state index is -0.487. The van der Waals surface area contributed by atoms with Gasteiger partial charge in [0.1, 0.15) is 5.60 Å². The number of nitrogens with zero attached hydrogens (tertiary/aromatic N) is 1. The first-order valence-electron chi connectivity index (χ1n) is 5.96. The molecule has 0 aromatic carbocycles. The van der Waals surface area contributed by atoms with E-state index in [0.717, 1.165) is 0 Å². The summed E-state index contributed by atoms with van der Waals surface area (Å²) in [5.74, 6) is -0.321.